The van der Waals surface area contributed by atoms with Gasteiger partial charge in [0.05, 0.1) is 24.7 Å². The fraction of sp³-hybridized carbons (Fsp3) is 0.400. The zero-order chi connectivity index (χ0) is 21.1. The Labute approximate surface area is 162 Å². The average molecular weight is 410 g/mol. The number of nitrogens with zero attached hydrogens (tertiary/aromatic N) is 5. The molecular formula is C15H19FN8O5. The van der Waals surface area contributed by atoms with E-state index in [0.29, 0.717) is 5.56 Å². The number of carbonyl (C=O) groups is 1. The lowest BCUT2D eigenvalue weighted by molar-refractivity contribution is -0.0511. The molecular weight excluding hydrogens is 391 g/mol. The number of H-pyrrole nitrogens is 1. The van der Waals surface area contributed by atoms with Gasteiger partial charge in [-0.1, -0.05) is 0 Å². The normalized spacial score (nSPS) is 23.6. The van der Waals surface area contributed by atoms with Crippen LogP contribution in [0.4, 0.5) is 10.2 Å². The van der Waals surface area contributed by atoms with E-state index in [1.807, 2.05) is 0 Å². The molecule has 1 aliphatic rings. The highest BCUT2D eigenvalue weighted by molar-refractivity contribution is 5.93. The van der Waals surface area contributed by atoms with Crippen LogP contribution in [0.5, 0.6) is 0 Å². The van der Waals surface area contributed by atoms with Crippen molar-refractivity contribution in [3.8, 4) is 0 Å². The third-order valence-electron chi connectivity index (χ3n) is 4.20. The molecule has 0 aromatic carbocycles. The molecule has 1 saturated heterocycles. The standard InChI is InChI=1S/C10H12FN5O4.C5H7N3O/c11-10-14-7(12)4-8(15-10)16(2-13-4)9-6(19)5(18)3(1-17)20-9;1-6-5(9)4-2-7-8-3-4/h2-3,5-6,9,17-19H,1H2,(H2,12,14,15);2-3H,1H3,(H,6,9)(H,7,8)/t3-,5?,6+,9-;/m1./s1. The molecule has 3 aromatic rings. The SMILES string of the molecule is CNC(=O)c1cn[nH]c1.Nc1nc(F)nc2c1ncn2[C@@H]1O[C@H](CO)C(O)[C@@H]1O. The first-order chi connectivity index (χ1) is 13.9. The lowest BCUT2D eigenvalue weighted by Crippen LogP contribution is -2.33. The summed E-state index contributed by atoms with van der Waals surface area (Å²) in [6, 6.07) is 0. The van der Waals surface area contributed by atoms with Gasteiger partial charge in [0.15, 0.2) is 23.2 Å². The molecule has 0 spiro atoms. The number of rotatable bonds is 3. The number of amides is 1. The summed E-state index contributed by atoms with van der Waals surface area (Å²) >= 11 is 0. The molecule has 1 fully saturated rings. The smallest absolute Gasteiger partial charge is 0.312 e. The zero-order valence-electron chi connectivity index (χ0n) is 15.1. The monoisotopic (exact) mass is 410 g/mol. The summed E-state index contributed by atoms with van der Waals surface area (Å²) in [6.45, 7) is -0.465. The van der Waals surface area contributed by atoms with Crippen LogP contribution in [0.1, 0.15) is 16.6 Å². The van der Waals surface area contributed by atoms with Crippen molar-refractivity contribution >= 4 is 22.9 Å². The molecule has 0 radical (unpaired) electrons. The van der Waals surface area contributed by atoms with E-state index in [4.69, 9.17) is 15.6 Å². The van der Waals surface area contributed by atoms with Crippen LogP contribution in [0.2, 0.25) is 0 Å². The van der Waals surface area contributed by atoms with Crippen molar-refractivity contribution in [2.24, 2.45) is 0 Å². The number of carbonyl (C=O) groups excluding carboxylic acids is 1. The van der Waals surface area contributed by atoms with Crippen LogP contribution in [0.3, 0.4) is 0 Å². The van der Waals surface area contributed by atoms with E-state index >= 15 is 0 Å². The molecule has 4 atom stereocenters. The highest BCUT2D eigenvalue weighted by Crippen LogP contribution is 2.31. The van der Waals surface area contributed by atoms with Gasteiger partial charge in [0.1, 0.15) is 18.3 Å². The number of nitrogens with two attached hydrogens (primary N) is 1. The number of hydrogen-bond acceptors (Lipinski definition) is 10. The fourth-order valence-corrected chi connectivity index (χ4v) is 2.73. The zero-order valence-corrected chi connectivity index (χ0v) is 15.1. The maximum atomic E-state index is 13.2. The minimum Gasteiger partial charge on any atom is -0.394 e. The number of anilines is 1. The Morgan fingerprint density at radius 2 is 2.17 bits per heavy atom. The van der Waals surface area contributed by atoms with Gasteiger partial charge in [0.25, 0.3) is 5.91 Å². The van der Waals surface area contributed by atoms with E-state index in [-0.39, 0.29) is 22.9 Å². The van der Waals surface area contributed by atoms with Crippen molar-refractivity contribution in [2.75, 3.05) is 19.4 Å². The first-order valence-corrected chi connectivity index (χ1v) is 8.36. The summed E-state index contributed by atoms with van der Waals surface area (Å²) in [5, 5.41) is 37.3. The second-order valence-electron chi connectivity index (χ2n) is 6.00. The summed E-state index contributed by atoms with van der Waals surface area (Å²) in [4.78, 5) is 21.5. The molecule has 1 unspecified atom stereocenters. The molecule has 3 aromatic heterocycles. The highest BCUT2D eigenvalue weighted by atomic mass is 19.1. The summed E-state index contributed by atoms with van der Waals surface area (Å²) < 4.78 is 19.8. The maximum Gasteiger partial charge on any atom is 0.312 e. The van der Waals surface area contributed by atoms with Crippen LogP contribution >= 0.6 is 0 Å². The molecule has 1 amide bonds. The number of aliphatic hydroxyl groups is 3. The second kappa shape index (κ2) is 8.44. The number of ether oxygens (including phenoxy) is 1. The average Bonchev–Trinajstić information content (AvgIpc) is 3.43. The van der Waals surface area contributed by atoms with Gasteiger partial charge in [0.2, 0.25) is 0 Å². The number of halogens is 1. The minimum atomic E-state index is -1.32. The topological polar surface area (TPSA) is 197 Å². The van der Waals surface area contributed by atoms with Crippen LogP contribution in [0.25, 0.3) is 11.2 Å². The largest absolute Gasteiger partial charge is 0.394 e. The Bertz CT molecular complexity index is 981. The molecule has 0 bridgehead atoms. The Morgan fingerprint density at radius 3 is 2.76 bits per heavy atom. The predicted molar refractivity (Wildman–Crippen MR) is 94.7 cm³/mol. The van der Waals surface area contributed by atoms with E-state index in [0.717, 1.165) is 0 Å². The number of nitrogens with one attached hydrogen (secondary N) is 2. The van der Waals surface area contributed by atoms with Crippen LogP contribution < -0.4 is 11.1 Å². The Balaban J connectivity index is 0.000000224. The molecule has 0 aliphatic carbocycles. The summed E-state index contributed by atoms with van der Waals surface area (Å²) in [6.07, 6.45) is -1.37. The summed E-state index contributed by atoms with van der Waals surface area (Å²) in [7, 11) is 1.58. The Kier molecular flexibility index (Phi) is 5.97. The molecule has 13 nitrogen and oxygen atoms in total. The van der Waals surface area contributed by atoms with Crippen molar-refractivity contribution in [3.63, 3.8) is 0 Å². The van der Waals surface area contributed by atoms with Gasteiger partial charge in [-0.25, -0.2) is 4.98 Å². The number of aliphatic hydroxyl groups excluding tert-OH is 3. The van der Waals surface area contributed by atoms with E-state index in [1.54, 1.807) is 13.2 Å². The van der Waals surface area contributed by atoms with E-state index < -0.39 is 37.2 Å². The molecule has 29 heavy (non-hydrogen) atoms. The first kappa shape index (κ1) is 20.5. The molecule has 1 aliphatic heterocycles. The van der Waals surface area contributed by atoms with Crippen molar-refractivity contribution in [3.05, 3.63) is 30.4 Å². The van der Waals surface area contributed by atoms with E-state index in [1.165, 1.54) is 17.1 Å². The molecule has 4 rings (SSSR count). The van der Waals surface area contributed by atoms with Crippen molar-refractivity contribution in [1.82, 2.24) is 35.0 Å². The summed E-state index contributed by atoms with van der Waals surface area (Å²) in [5.41, 5.74) is 6.27. The fourth-order valence-electron chi connectivity index (χ4n) is 2.73. The van der Waals surface area contributed by atoms with Gasteiger partial charge < -0.3 is 31.1 Å². The van der Waals surface area contributed by atoms with Crippen molar-refractivity contribution in [1.29, 1.82) is 0 Å². The van der Waals surface area contributed by atoms with Crippen LogP contribution in [-0.4, -0.2) is 82.9 Å². The van der Waals surface area contributed by atoms with Gasteiger partial charge in [-0.2, -0.15) is 19.5 Å². The van der Waals surface area contributed by atoms with Gasteiger partial charge >= 0.3 is 6.08 Å². The molecule has 4 heterocycles. The van der Waals surface area contributed by atoms with Crippen molar-refractivity contribution < 1.29 is 29.2 Å². The number of aromatic nitrogens is 6. The lowest BCUT2D eigenvalue weighted by Gasteiger charge is -2.16. The van der Waals surface area contributed by atoms with Gasteiger partial charge in [-0.15, -0.1) is 0 Å². The third-order valence-corrected chi connectivity index (χ3v) is 4.20. The number of hydrogen-bond donors (Lipinski definition) is 6. The van der Waals surface area contributed by atoms with Gasteiger partial charge in [-0.3, -0.25) is 14.5 Å². The predicted octanol–water partition coefficient (Wildman–Crippen LogP) is -2.07. The van der Waals surface area contributed by atoms with Crippen LogP contribution in [-0.2, 0) is 4.74 Å². The highest BCUT2D eigenvalue weighted by Gasteiger charge is 2.44. The molecule has 7 N–H and O–H groups in total. The van der Waals surface area contributed by atoms with Gasteiger partial charge in [0, 0.05) is 13.2 Å². The third kappa shape index (κ3) is 4.00. The summed E-state index contributed by atoms with van der Waals surface area (Å²) in [5.74, 6) is -0.262. The second-order valence-corrected chi connectivity index (χ2v) is 6.00. The first-order valence-electron chi connectivity index (χ1n) is 8.36. The lowest BCUT2D eigenvalue weighted by atomic mass is 10.1. The van der Waals surface area contributed by atoms with Crippen LogP contribution in [0.15, 0.2) is 18.7 Å². The number of aromatic amines is 1. The molecule has 14 heteroatoms. The number of fused-ring (bicyclic) bond motifs is 1. The minimum absolute atomic E-state index is 0.0323. The van der Waals surface area contributed by atoms with Crippen LogP contribution in [0, 0.1) is 6.08 Å². The molecule has 0 saturated carbocycles. The van der Waals surface area contributed by atoms with Crippen molar-refractivity contribution in [2.45, 2.75) is 24.5 Å². The maximum absolute atomic E-state index is 13.2. The Morgan fingerprint density at radius 1 is 1.41 bits per heavy atom. The Hall–Kier alpha value is -3.20. The number of nitrogen functional groups attached to an aromatic ring is 1. The quantitative estimate of drug-likeness (QED) is 0.261. The van der Waals surface area contributed by atoms with E-state index in [9.17, 15) is 19.4 Å². The van der Waals surface area contributed by atoms with Gasteiger partial charge in [-0.05, 0) is 0 Å². The van der Waals surface area contributed by atoms with E-state index in [2.05, 4.69) is 30.5 Å². The number of imidazole rings is 1. The molecule has 156 valence electrons.